The number of nitrogens with two attached hydrogens (primary N) is 1. The predicted molar refractivity (Wildman–Crippen MR) is 93.9 cm³/mol. The van der Waals surface area contributed by atoms with Gasteiger partial charge in [-0.3, -0.25) is 0 Å². The topological polar surface area (TPSA) is 35.2 Å². The molecule has 0 saturated carbocycles. The van der Waals surface area contributed by atoms with Gasteiger partial charge in [-0.25, -0.2) is 0 Å². The summed E-state index contributed by atoms with van der Waals surface area (Å²) in [4.78, 5) is 0. The first-order chi connectivity index (χ1) is 9.38. The molecular weight excluding hydrogens is 385 g/mol. The van der Waals surface area contributed by atoms with E-state index < -0.39 is 0 Å². The Hall–Kier alpha value is -0.940. The molecule has 0 aliphatic carbocycles. The Bertz CT molecular complexity index is 641. The van der Waals surface area contributed by atoms with E-state index in [1.165, 1.54) is 0 Å². The molecule has 0 aliphatic rings. The van der Waals surface area contributed by atoms with Gasteiger partial charge in [0.15, 0.2) is 0 Å². The SMILES string of the molecule is Cc1cc(Cl)c(C(C)C)cc1Oc1ccc(N)cc1I. The fraction of sp³-hybridized carbons (Fsp3) is 0.250. The molecule has 0 saturated heterocycles. The van der Waals surface area contributed by atoms with Gasteiger partial charge in [-0.1, -0.05) is 25.4 Å². The molecule has 0 heterocycles. The summed E-state index contributed by atoms with van der Waals surface area (Å²) in [5.74, 6) is 2.00. The molecule has 0 unspecified atom stereocenters. The number of anilines is 1. The fourth-order valence-corrected chi connectivity index (χ4v) is 3.03. The number of rotatable bonds is 3. The van der Waals surface area contributed by atoms with Gasteiger partial charge in [0.25, 0.3) is 0 Å². The van der Waals surface area contributed by atoms with Crippen LogP contribution < -0.4 is 10.5 Å². The van der Waals surface area contributed by atoms with E-state index in [4.69, 9.17) is 22.1 Å². The number of benzene rings is 2. The molecule has 0 amide bonds. The summed E-state index contributed by atoms with van der Waals surface area (Å²) in [5.41, 5.74) is 8.61. The second-order valence-electron chi connectivity index (χ2n) is 5.09. The second kappa shape index (κ2) is 6.22. The molecular formula is C16H17ClINO. The second-order valence-corrected chi connectivity index (χ2v) is 6.66. The van der Waals surface area contributed by atoms with Crippen LogP contribution >= 0.6 is 34.2 Å². The molecule has 2 aromatic carbocycles. The molecule has 2 aromatic rings. The van der Waals surface area contributed by atoms with Gasteiger partial charge in [0.2, 0.25) is 0 Å². The van der Waals surface area contributed by atoms with E-state index in [1.54, 1.807) is 0 Å². The van der Waals surface area contributed by atoms with Crippen molar-refractivity contribution in [2.45, 2.75) is 26.7 Å². The first-order valence-corrected chi connectivity index (χ1v) is 7.87. The van der Waals surface area contributed by atoms with Crippen molar-refractivity contribution in [3.05, 3.63) is 50.1 Å². The minimum atomic E-state index is 0.357. The Morgan fingerprint density at radius 2 is 1.85 bits per heavy atom. The van der Waals surface area contributed by atoms with Gasteiger partial charge in [0.1, 0.15) is 11.5 Å². The van der Waals surface area contributed by atoms with Crippen molar-refractivity contribution < 1.29 is 4.74 Å². The lowest BCUT2D eigenvalue weighted by molar-refractivity contribution is 0.474. The Morgan fingerprint density at radius 1 is 1.15 bits per heavy atom. The molecule has 0 aliphatic heterocycles. The third-order valence-corrected chi connectivity index (χ3v) is 4.26. The summed E-state index contributed by atoms with van der Waals surface area (Å²) in [5, 5.41) is 0.789. The average molecular weight is 402 g/mol. The van der Waals surface area contributed by atoms with Gasteiger partial charge in [0, 0.05) is 10.7 Å². The van der Waals surface area contributed by atoms with E-state index in [0.29, 0.717) is 5.92 Å². The Balaban J connectivity index is 2.40. The highest BCUT2D eigenvalue weighted by Crippen LogP contribution is 2.35. The maximum absolute atomic E-state index is 6.28. The standard InChI is InChI=1S/C16H17ClINO/c1-9(2)12-8-16(10(3)6-13(12)17)20-15-5-4-11(19)7-14(15)18/h4-9H,19H2,1-3H3. The van der Waals surface area contributed by atoms with Crippen LogP contribution in [0.3, 0.4) is 0 Å². The molecule has 0 spiro atoms. The Morgan fingerprint density at radius 3 is 2.45 bits per heavy atom. The lowest BCUT2D eigenvalue weighted by Crippen LogP contribution is -1.96. The van der Waals surface area contributed by atoms with Crippen molar-refractivity contribution >= 4 is 39.9 Å². The summed E-state index contributed by atoms with van der Waals surface area (Å²) >= 11 is 8.50. The molecule has 0 fully saturated rings. The first-order valence-electron chi connectivity index (χ1n) is 6.41. The molecule has 0 aromatic heterocycles. The summed E-state index contributed by atoms with van der Waals surface area (Å²) in [6.07, 6.45) is 0. The molecule has 2 rings (SSSR count). The third-order valence-electron chi connectivity index (χ3n) is 3.09. The highest BCUT2D eigenvalue weighted by Gasteiger charge is 2.12. The zero-order chi connectivity index (χ0) is 14.9. The van der Waals surface area contributed by atoms with Crippen LogP contribution in [0.4, 0.5) is 5.69 Å². The van der Waals surface area contributed by atoms with Crippen molar-refractivity contribution in [3.63, 3.8) is 0 Å². The van der Waals surface area contributed by atoms with Gasteiger partial charge < -0.3 is 10.5 Å². The van der Waals surface area contributed by atoms with Crippen LogP contribution in [-0.4, -0.2) is 0 Å². The number of hydrogen-bond acceptors (Lipinski definition) is 2. The van der Waals surface area contributed by atoms with Crippen LogP contribution in [0, 0.1) is 10.5 Å². The Kier molecular flexibility index (Phi) is 4.81. The third kappa shape index (κ3) is 3.38. The summed E-state index contributed by atoms with van der Waals surface area (Å²) in [6.45, 7) is 6.23. The maximum Gasteiger partial charge on any atom is 0.140 e. The smallest absolute Gasteiger partial charge is 0.140 e. The minimum Gasteiger partial charge on any atom is -0.456 e. The van der Waals surface area contributed by atoms with Crippen molar-refractivity contribution in [1.82, 2.24) is 0 Å². The number of aryl methyl sites for hydroxylation is 1. The first kappa shape index (κ1) is 15.4. The Labute approximate surface area is 138 Å². The van der Waals surface area contributed by atoms with Crippen molar-refractivity contribution in [2.24, 2.45) is 0 Å². The summed E-state index contributed by atoms with van der Waals surface area (Å²) in [6, 6.07) is 9.60. The van der Waals surface area contributed by atoms with E-state index in [9.17, 15) is 0 Å². The largest absolute Gasteiger partial charge is 0.456 e. The van der Waals surface area contributed by atoms with Gasteiger partial charge in [-0.05, 0) is 76.9 Å². The molecule has 2 N–H and O–H groups in total. The van der Waals surface area contributed by atoms with Gasteiger partial charge in [0.05, 0.1) is 3.57 Å². The number of nitrogen functional groups attached to an aromatic ring is 1. The monoisotopic (exact) mass is 401 g/mol. The van der Waals surface area contributed by atoms with Gasteiger partial charge in [-0.2, -0.15) is 0 Å². The van der Waals surface area contributed by atoms with Crippen LogP contribution in [0.15, 0.2) is 30.3 Å². The van der Waals surface area contributed by atoms with Crippen LogP contribution in [0.5, 0.6) is 11.5 Å². The summed E-state index contributed by atoms with van der Waals surface area (Å²) in [7, 11) is 0. The number of halogens is 2. The normalized spacial score (nSPS) is 10.9. The van der Waals surface area contributed by atoms with E-state index in [-0.39, 0.29) is 0 Å². The van der Waals surface area contributed by atoms with E-state index in [0.717, 1.165) is 36.9 Å². The van der Waals surface area contributed by atoms with Crippen molar-refractivity contribution in [3.8, 4) is 11.5 Å². The molecule has 20 heavy (non-hydrogen) atoms. The van der Waals surface area contributed by atoms with Crippen LogP contribution in [0.1, 0.15) is 30.9 Å². The minimum absolute atomic E-state index is 0.357. The fourth-order valence-electron chi connectivity index (χ4n) is 1.94. The van der Waals surface area contributed by atoms with E-state index in [1.807, 2.05) is 37.3 Å². The quantitative estimate of drug-likeness (QED) is 0.525. The van der Waals surface area contributed by atoms with Crippen molar-refractivity contribution in [1.29, 1.82) is 0 Å². The van der Waals surface area contributed by atoms with Crippen molar-refractivity contribution in [2.75, 3.05) is 5.73 Å². The van der Waals surface area contributed by atoms with Gasteiger partial charge in [-0.15, -0.1) is 0 Å². The molecule has 0 atom stereocenters. The van der Waals surface area contributed by atoms with Crippen LogP contribution in [0.2, 0.25) is 5.02 Å². The summed E-state index contributed by atoms with van der Waals surface area (Å²) < 4.78 is 7.01. The zero-order valence-corrected chi connectivity index (χ0v) is 14.6. The number of hydrogen-bond donors (Lipinski definition) is 1. The predicted octanol–water partition coefficient (Wildman–Crippen LogP) is 5.75. The zero-order valence-electron chi connectivity index (χ0n) is 11.7. The lowest BCUT2D eigenvalue weighted by atomic mass is 10.0. The molecule has 2 nitrogen and oxygen atoms in total. The van der Waals surface area contributed by atoms with E-state index >= 15 is 0 Å². The molecule has 106 valence electrons. The lowest BCUT2D eigenvalue weighted by Gasteiger charge is -2.15. The van der Waals surface area contributed by atoms with Crippen LogP contribution in [0.25, 0.3) is 0 Å². The average Bonchev–Trinajstić information content (AvgIpc) is 2.35. The highest BCUT2D eigenvalue weighted by molar-refractivity contribution is 14.1. The number of ether oxygens (including phenoxy) is 1. The van der Waals surface area contributed by atoms with E-state index in [2.05, 4.69) is 36.4 Å². The molecule has 0 bridgehead atoms. The highest BCUT2D eigenvalue weighted by atomic mass is 127. The molecule has 0 radical (unpaired) electrons. The van der Waals surface area contributed by atoms with Crippen LogP contribution in [-0.2, 0) is 0 Å². The molecule has 4 heteroatoms. The van der Waals surface area contributed by atoms with Gasteiger partial charge >= 0.3 is 0 Å². The maximum atomic E-state index is 6.28.